The van der Waals surface area contributed by atoms with Crippen LogP contribution in [0, 0.1) is 0 Å². The molecule has 6 atom stereocenters. The molecule has 79 heavy (non-hydrogen) atoms. The van der Waals surface area contributed by atoms with Crippen LogP contribution >= 0.6 is 0 Å². The Morgan fingerprint density at radius 2 is 0.797 bits per heavy atom. The predicted molar refractivity (Wildman–Crippen MR) is 321 cm³/mol. The molecule has 1 aliphatic heterocycles. The van der Waals surface area contributed by atoms with Gasteiger partial charge in [-0.2, -0.15) is 0 Å². The van der Waals surface area contributed by atoms with Crippen LogP contribution in [0.3, 0.4) is 0 Å². The molecule has 0 saturated carbocycles. The molecule has 12 heteroatoms. The summed E-state index contributed by atoms with van der Waals surface area (Å²) in [5.41, 5.74) is 0. The highest BCUT2D eigenvalue weighted by Crippen LogP contribution is 2.26. The molecule has 0 amide bonds. The molecule has 0 aliphatic carbocycles. The number of ether oxygens (including phenoxy) is 5. The second kappa shape index (κ2) is 54.5. The molecule has 1 heterocycles. The fourth-order valence-electron chi connectivity index (χ4n) is 9.20. The molecule has 12 nitrogen and oxygen atoms in total. The maximum absolute atomic E-state index is 13.2. The summed E-state index contributed by atoms with van der Waals surface area (Å²) in [5.74, 6) is -3.18. The van der Waals surface area contributed by atoms with E-state index in [2.05, 4.69) is 106 Å². The molecular formula is C67H112O12. The highest BCUT2D eigenvalue weighted by atomic mass is 16.7. The number of carboxylic acid groups (broad SMARTS) is 1. The van der Waals surface area contributed by atoms with Gasteiger partial charge in [-0.3, -0.25) is 14.4 Å². The van der Waals surface area contributed by atoms with Gasteiger partial charge in [-0.25, -0.2) is 4.79 Å². The summed E-state index contributed by atoms with van der Waals surface area (Å²) >= 11 is 0. The fourth-order valence-corrected chi connectivity index (χ4v) is 9.20. The van der Waals surface area contributed by atoms with Crippen molar-refractivity contribution in [2.24, 2.45) is 0 Å². The fraction of sp³-hybridized carbons (Fsp3) is 0.731. The van der Waals surface area contributed by atoms with Crippen molar-refractivity contribution in [3.8, 4) is 0 Å². The molecule has 1 rings (SSSR count). The number of carboxylic acids is 1. The first-order valence-corrected chi connectivity index (χ1v) is 31.6. The number of rotatable bonds is 53. The molecule has 0 spiro atoms. The molecule has 0 aromatic rings. The summed E-state index contributed by atoms with van der Waals surface area (Å²) in [4.78, 5) is 51.3. The predicted octanol–water partition coefficient (Wildman–Crippen LogP) is 16.7. The molecule has 1 aliphatic rings. The van der Waals surface area contributed by atoms with Crippen LogP contribution < -0.4 is 0 Å². The van der Waals surface area contributed by atoms with E-state index in [0.717, 1.165) is 109 Å². The Kier molecular flexibility index (Phi) is 50.3. The van der Waals surface area contributed by atoms with Crippen molar-refractivity contribution in [1.29, 1.82) is 0 Å². The third kappa shape index (κ3) is 44.3. The summed E-state index contributed by atoms with van der Waals surface area (Å²) in [5, 5.41) is 31.5. The lowest BCUT2D eigenvalue weighted by Crippen LogP contribution is -2.61. The van der Waals surface area contributed by atoms with Gasteiger partial charge in [0.2, 0.25) is 0 Å². The third-order valence-electron chi connectivity index (χ3n) is 14.0. The summed E-state index contributed by atoms with van der Waals surface area (Å²) < 4.78 is 28.5. The zero-order valence-electron chi connectivity index (χ0n) is 49.8. The minimum Gasteiger partial charge on any atom is -0.479 e. The van der Waals surface area contributed by atoms with E-state index in [-0.39, 0.29) is 25.9 Å². The first-order chi connectivity index (χ1) is 38.6. The van der Waals surface area contributed by atoms with E-state index >= 15 is 0 Å². The van der Waals surface area contributed by atoms with Crippen molar-refractivity contribution in [2.45, 2.75) is 302 Å². The van der Waals surface area contributed by atoms with Crippen molar-refractivity contribution in [3.05, 3.63) is 85.1 Å². The summed E-state index contributed by atoms with van der Waals surface area (Å²) in [6.45, 7) is 5.77. The number of aliphatic hydroxyl groups is 2. The van der Waals surface area contributed by atoms with E-state index in [4.69, 9.17) is 23.7 Å². The van der Waals surface area contributed by atoms with Crippen molar-refractivity contribution < 1.29 is 58.2 Å². The van der Waals surface area contributed by atoms with Gasteiger partial charge in [-0.1, -0.05) is 241 Å². The Balaban J connectivity index is 2.69. The number of allylic oxidation sites excluding steroid dienone is 14. The Bertz CT molecular complexity index is 1700. The van der Waals surface area contributed by atoms with E-state index < -0.39 is 67.3 Å². The van der Waals surface area contributed by atoms with Gasteiger partial charge in [0.05, 0.1) is 6.61 Å². The number of esters is 3. The summed E-state index contributed by atoms with van der Waals surface area (Å²) in [7, 11) is 0. The van der Waals surface area contributed by atoms with Crippen molar-refractivity contribution in [3.63, 3.8) is 0 Å². The van der Waals surface area contributed by atoms with E-state index in [1.54, 1.807) is 0 Å². The number of aliphatic hydroxyl groups excluding tert-OH is 2. The Hall–Kier alpha value is -4.10. The number of carbonyl (C=O) groups excluding carboxylic acids is 3. The van der Waals surface area contributed by atoms with Crippen molar-refractivity contribution in [2.75, 3.05) is 13.2 Å². The van der Waals surface area contributed by atoms with Crippen molar-refractivity contribution >= 4 is 23.9 Å². The number of carbonyl (C=O) groups is 4. The van der Waals surface area contributed by atoms with Crippen LogP contribution in [-0.4, -0.2) is 89.2 Å². The van der Waals surface area contributed by atoms with Gasteiger partial charge in [0.15, 0.2) is 24.6 Å². The lowest BCUT2D eigenvalue weighted by atomic mass is 9.98. The van der Waals surface area contributed by atoms with E-state index in [9.17, 15) is 34.5 Å². The minimum absolute atomic E-state index is 0.00570. The molecule has 3 N–H and O–H groups in total. The van der Waals surface area contributed by atoms with Gasteiger partial charge in [-0.15, -0.1) is 0 Å². The van der Waals surface area contributed by atoms with E-state index in [1.165, 1.54) is 89.9 Å². The Morgan fingerprint density at radius 1 is 0.430 bits per heavy atom. The number of hydrogen-bond donors (Lipinski definition) is 3. The third-order valence-corrected chi connectivity index (χ3v) is 14.0. The van der Waals surface area contributed by atoms with Crippen LogP contribution in [0.1, 0.15) is 265 Å². The maximum Gasteiger partial charge on any atom is 0.335 e. The van der Waals surface area contributed by atoms with E-state index in [0.29, 0.717) is 25.7 Å². The SMILES string of the molecule is CC/C=C\C/C=C\C/C=C\C/C=C\CCCCC(=O)OC1C(OCC(COC(=O)CCCCCCCCC/C=C\C/C=C\C/C=C\CC)OC(=O)CCCCCCCCCCCCCCCCCCC)OC(C(=O)O)C(O)C1O. The standard InChI is InChI=1S/C67H112O12/c1-4-7-10-13-16-19-22-25-28-30-33-35-38-41-44-47-50-53-59(68)75-56-58(77-60(69)54-51-48-45-42-39-37-34-31-29-26-23-20-17-14-11-8-5-2)57-76-67-65(63(72)62(71)64(79-67)66(73)74)78-61(70)55-52-49-46-43-40-36-32-27-24-21-18-15-12-9-6-3/h7,9-10,12,16,18-19,21,25,27-28,32,40,43,58,62-65,67,71-72H,4-6,8,11,13-15,17,20,22-24,26,29-31,33-39,41-42,44-57H2,1-3H3,(H,73,74)/b10-7-,12-9-,19-16-,21-18-,28-25-,32-27-,43-40-. The minimum atomic E-state index is -1.92. The van der Waals surface area contributed by atoms with Crippen LogP contribution in [0.25, 0.3) is 0 Å². The quantitative estimate of drug-likeness (QED) is 0.0228. The molecule has 6 unspecified atom stereocenters. The Labute approximate surface area is 480 Å². The normalized spacial score (nSPS) is 18.4. The zero-order chi connectivity index (χ0) is 57.5. The summed E-state index contributed by atoms with van der Waals surface area (Å²) in [6, 6.07) is 0. The van der Waals surface area contributed by atoms with Crippen molar-refractivity contribution in [1.82, 2.24) is 0 Å². The van der Waals surface area contributed by atoms with Gasteiger partial charge in [-0.05, 0) is 89.9 Å². The smallest absolute Gasteiger partial charge is 0.335 e. The maximum atomic E-state index is 13.2. The molecule has 452 valence electrons. The first kappa shape index (κ1) is 72.9. The topological polar surface area (TPSA) is 175 Å². The van der Waals surface area contributed by atoms with Crippen LogP contribution in [0.5, 0.6) is 0 Å². The lowest BCUT2D eigenvalue weighted by Gasteiger charge is -2.40. The average Bonchev–Trinajstić information content (AvgIpc) is 3.43. The van der Waals surface area contributed by atoms with Crippen LogP contribution in [-0.2, 0) is 42.9 Å². The van der Waals surface area contributed by atoms with Gasteiger partial charge >= 0.3 is 23.9 Å². The molecular weight excluding hydrogens is 997 g/mol. The first-order valence-electron chi connectivity index (χ1n) is 31.6. The number of aliphatic carboxylic acids is 1. The molecule has 0 aromatic carbocycles. The van der Waals surface area contributed by atoms with Crippen LogP contribution in [0.15, 0.2) is 85.1 Å². The summed E-state index contributed by atoms with van der Waals surface area (Å²) in [6.07, 6.45) is 58.3. The molecule has 0 aromatic heterocycles. The second-order valence-electron chi connectivity index (χ2n) is 21.3. The highest BCUT2D eigenvalue weighted by molar-refractivity contribution is 5.74. The van der Waals surface area contributed by atoms with Crippen LogP contribution in [0.2, 0.25) is 0 Å². The highest BCUT2D eigenvalue weighted by Gasteiger charge is 2.50. The number of unbranched alkanes of at least 4 members (excludes halogenated alkanes) is 25. The van der Waals surface area contributed by atoms with Gasteiger partial charge in [0.1, 0.15) is 18.8 Å². The largest absolute Gasteiger partial charge is 0.479 e. The lowest BCUT2D eigenvalue weighted by molar-refractivity contribution is -0.301. The van der Waals surface area contributed by atoms with Gasteiger partial charge < -0.3 is 39.0 Å². The van der Waals surface area contributed by atoms with Crippen LogP contribution in [0.4, 0.5) is 0 Å². The Morgan fingerprint density at radius 3 is 1.24 bits per heavy atom. The van der Waals surface area contributed by atoms with Gasteiger partial charge in [0.25, 0.3) is 0 Å². The molecule has 0 bridgehead atoms. The second-order valence-corrected chi connectivity index (χ2v) is 21.3. The monoisotopic (exact) mass is 1110 g/mol. The molecule has 1 saturated heterocycles. The number of hydrogen-bond acceptors (Lipinski definition) is 11. The molecule has 0 radical (unpaired) electrons. The zero-order valence-corrected chi connectivity index (χ0v) is 49.8. The van der Waals surface area contributed by atoms with Gasteiger partial charge in [0, 0.05) is 19.3 Å². The average molecular weight is 1110 g/mol. The van der Waals surface area contributed by atoms with E-state index in [1.807, 2.05) is 0 Å². The molecule has 1 fully saturated rings.